The van der Waals surface area contributed by atoms with Crippen molar-refractivity contribution in [2.45, 2.75) is 6.92 Å². The standard InChI is InChI=1S/C14H14N2O2.C13H16N2O2.C12H14N2O2/c1-4-10-16(11-5-2)13-9-7-6-8-12(13)15(3)14(17)18;1-4-10-15(5-2)12-9-7-6-8-11(12)14(3)13(16)17;1-4-9-13(2)10-7-5-6-8-11(10)14(3)12(15)16/h1-2,6-9H,10-11H2,3H3,(H,17,18);1,6-9H,5,10H2,2-3H3,(H,16,17);1,5-8H,9H2,2-3H3,(H,15,16). The van der Waals surface area contributed by atoms with E-state index in [9.17, 15) is 14.4 Å². The zero-order valence-electron chi connectivity index (χ0n) is 29.5. The van der Waals surface area contributed by atoms with Gasteiger partial charge in [-0.2, -0.15) is 0 Å². The molecule has 0 unspecified atom stereocenters. The van der Waals surface area contributed by atoms with Crippen LogP contribution >= 0.6 is 0 Å². The molecule has 12 nitrogen and oxygen atoms in total. The van der Waals surface area contributed by atoms with Crippen LogP contribution in [0.5, 0.6) is 0 Å². The van der Waals surface area contributed by atoms with Crippen LogP contribution in [-0.4, -0.2) is 94.5 Å². The van der Waals surface area contributed by atoms with Gasteiger partial charge in [0, 0.05) is 34.7 Å². The molecule has 51 heavy (non-hydrogen) atoms. The maximum Gasteiger partial charge on any atom is 0.411 e. The normalized spacial score (nSPS) is 9.27. The lowest BCUT2D eigenvalue weighted by Crippen LogP contribution is -2.29. The van der Waals surface area contributed by atoms with Gasteiger partial charge in [-0.25, -0.2) is 14.4 Å². The summed E-state index contributed by atoms with van der Waals surface area (Å²) >= 11 is 0. The number of amides is 3. The molecule has 0 spiro atoms. The zero-order chi connectivity index (χ0) is 38.5. The third-order valence-electron chi connectivity index (χ3n) is 7.24. The highest BCUT2D eigenvalue weighted by Crippen LogP contribution is 2.30. The summed E-state index contributed by atoms with van der Waals surface area (Å²) < 4.78 is 0. The average Bonchev–Trinajstić information content (AvgIpc) is 3.13. The Balaban J connectivity index is 0.000000383. The average molecular weight is 693 g/mol. The third-order valence-corrected chi connectivity index (χ3v) is 7.24. The number of terminal acetylenes is 4. The summed E-state index contributed by atoms with van der Waals surface area (Å²) in [4.78, 5) is 42.0. The molecule has 3 aromatic rings. The van der Waals surface area contributed by atoms with Crippen LogP contribution in [0.3, 0.4) is 0 Å². The minimum atomic E-state index is -1.04. The Bertz CT molecular complexity index is 1770. The van der Waals surface area contributed by atoms with Crippen molar-refractivity contribution in [3.8, 4) is 49.4 Å². The molecule has 0 fully saturated rings. The second-order valence-electron chi connectivity index (χ2n) is 10.5. The van der Waals surface area contributed by atoms with E-state index in [0.29, 0.717) is 48.9 Å². The van der Waals surface area contributed by atoms with Crippen molar-refractivity contribution in [1.82, 2.24) is 0 Å². The van der Waals surface area contributed by atoms with Crippen molar-refractivity contribution in [3.63, 3.8) is 0 Å². The van der Waals surface area contributed by atoms with Crippen molar-refractivity contribution >= 4 is 52.4 Å². The summed E-state index contributed by atoms with van der Waals surface area (Å²) in [5.74, 6) is 10.1. The molecule has 3 amide bonds. The third kappa shape index (κ3) is 12.6. The van der Waals surface area contributed by atoms with E-state index in [1.54, 1.807) is 41.3 Å². The van der Waals surface area contributed by atoms with Gasteiger partial charge in [0.15, 0.2) is 0 Å². The molecule has 0 saturated heterocycles. The van der Waals surface area contributed by atoms with Crippen molar-refractivity contribution in [2.75, 3.05) is 90.3 Å². The first-order chi connectivity index (χ1) is 24.3. The predicted octanol–water partition coefficient (Wildman–Crippen LogP) is 6.00. The number of para-hydroxylation sites is 6. The van der Waals surface area contributed by atoms with Gasteiger partial charge in [-0.3, -0.25) is 14.7 Å². The Morgan fingerprint density at radius 3 is 1.08 bits per heavy atom. The molecule has 0 atom stereocenters. The molecule has 0 bridgehead atoms. The monoisotopic (exact) mass is 692 g/mol. The van der Waals surface area contributed by atoms with Gasteiger partial charge in [0.05, 0.1) is 60.3 Å². The second kappa shape index (κ2) is 21.9. The van der Waals surface area contributed by atoms with E-state index in [0.717, 1.165) is 22.8 Å². The zero-order valence-corrected chi connectivity index (χ0v) is 29.5. The maximum atomic E-state index is 11.0. The maximum absolute atomic E-state index is 11.0. The first-order valence-corrected chi connectivity index (χ1v) is 15.4. The van der Waals surface area contributed by atoms with E-state index in [-0.39, 0.29) is 0 Å². The number of hydrogen-bond acceptors (Lipinski definition) is 6. The number of benzene rings is 3. The Morgan fingerprint density at radius 1 is 0.490 bits per heavy atom. The van der Waals surface area contributed by atoms with Crippen molar-refractivity contribution in [3.05, 3.63) is 72.8 Å². The van der Waals surface area contributed by atoms with Gasteiger partial charge >= 0.3 is 18.3 Å². The molecule has 0 aliphatic carbocycles. The molecule has 0 aliphatic rings. The van der Waals surface area contributed by atoms with E-state index in [4.69, 9.17) is 41.0 Å². The van der Waals surface area contributed by atoms with E-state index in [1.807, 2.05) is 60.2 Å². The van der Waals surface area contributed by atoms with Crippen LogP contribution in [-0.2, 0) is 0 Å². The molecule has 0 aliphatic heterocycles. The van der Waals surface area contributed by atoms with Crippen LogP contribution in [0.2, 0.25) is 0 Å². The van der Waals surface area contributed by atoms with Gasteiger partial charge in [0.25, 0.3) is 0 Å². The molecule has 3 N–H and O–H groups in total. The SMILES string of the molecule is C#CCN(C)c1ccccc1N(C)C(=O)O.C#CCN(CC#C)c1ccccc1N(C)C(=O)O.C#CCN(CC)c1ccccc1N(C)C(=O)O. The number of nitrogens with zero attached hydrogens (tertiary/aromatic N) is 6. The summed E-state index contributed by atoms with van der Waals surface area (Å²) in [5, 5.41) is 27.0. The Kier molecular flexibility index (Phi) is 18.1. The van der Waals surface area contributed by atoms with E-state index in [2.05, 4.69) is 23.7 Å². The number of carbonyl (C=O) groups is 3. The van der Waals surface area contributed by atoms with Crippen LogP contribution < -0.4 is 29.4 Å². The van der Waals surface area contributed by atoms with E-state index >= 15 is 0 Å². The highest BCUT2D eigenvalue weighted by Gasteiger charge is 2.17. The summed E-state index contributed by atoms with van der Waals surface area (Å²) in [6.07, 6.45) is 18.1. The fourth-order valence-electron chi connectivity index (χ4n) is 4.56. The molecule has 266 valence electrons. The fraction of sp³-hybridized carbons (Fsp3) is 0.256. The summed E-state index contributed by atoms with van der Waals surface area (Å²) in [7, 11) is 6.33. The number of carboxylic acid groups (broad SMARTS) is 3. The van der Waals surface area contributed by atoms with E-state index < -0.39 is 18.3 Å². The Labute approximate surface area is 301 Å². The molecule has 0 heterocycles. The molecule has 0 aromatic heterocycles. The van der Waals surface area contributed by atoms with Gasteiger partial charge < -0.3 is 30.0 Å². The molecular formula is C39H44N6O6. The van der Waals surface area contributed by atoms with Gasteiger partial charge in [0.2, 0.25) is 0 Å². The highest BCUT2D eigenvalue weighted by atomic mass is 16.4. The minimum absolute atomic E-state index is 0.328. The lowest BCUT2D eigenvalue weighted by atomic mass is 10.2. The van der Waals surface area contributed by atoms with Crippen molar-refractivity contribution in [2.24, 2.45) is 0 Å². The molecule has 12 heteroatoms. The molecule has 0 radical (unpaired) electrons. The summed E-state index contributed by atoms with van der Waals surface area (Å²) in [5.41, 5.74) is 4.14. The lowest BCUT2D eigenvalue weighted by Gasteiger charge is -2.26. The highest BCUT2D eigenvalue weighted by molar-refractivity contribution is 5.92. The lowest BCUT2D eigenvalue weighted by molar-refractivity contribution is 0.202. The molecule has 0 saturated carbocycles. The van der Waals surface area contributed by atoms with Crippen LogP contribution in [0.25, 0.3) is 0 Å². The van der Waals surface area contributed by atoms with Gasteiger partial charge in [-0.05, 0) is 43.3 Å². The van der Waals surface area contributed by atoms with Gasteiger partial charge in [0.1, 0.15) is 0 Å². The van der Waals surface area contributed by atoms with Gasteiger partial charge in [-0.1, -0.05) is 60.1 Å². The van der Waals surface area contributed by atoms with E-state index in [1.165, 1.54) is 30.9 Å². The number of anilines is 6. The Hall–Kier alpha value is -6.89. The van der Waals surface area contributed by atoms with Crippen molar-refractivity contribution in [1.29, 1.82) is 0 Å². The predicted molar refractivity (Wildman–Crippen MR) is 207 cm³/mol. The minimum Gasteiger partial charge on any atom is -0.465 e. The fourth-order valence-corrected chi connectivity index (χ4v) is 4.56. The van der Waals surface area contributed by atoms with Gasteiger partial charge in [-0.15, -0.1) is 25.7 Å². The molecule has 3 rings (SSSR count). The van der Waals surface area contributed by atoms with Crippen molar-refractivity contribution < 1.29 is 29.7 Å². The molecular weight excluding hydrogens is 648 g/mol. The topological polar surface area (TPSA) is 131 Å². The molecule has 3 aromatic carbocycles. The smallest absolute Gasteiger partial charge is 0.411 e. The summed E-state index contributed by atoms with van der Waals surface area (Å²) in [6.45, 7) is 4.26. The first kappa shape index (κ1) is 42.1. The Morgan fingerprint density at radius 2 is 0.765 bits per heavy atom. The largest absolute Gasteiger partial charge is 0.465 e. The number of rotatable bonds is 11. The van der Waals surface area contributed by atoms with Crippen LogP contribution in [0.1, 0.15) is 6.92 Å². The van der Waals surface area contributed by atoms with Crippen LogP contribution in [0, 0.1) is 49.4 Å². The van der Waals surface area contributed by atoms with Crippen LogP contribution in [0.4, 0.5) is 48.5 Å². The number of hydrogen-bond donors (Lipinski definition) is 3. The quantitative estimate of drug-likeness (QED) is 0.207. The van der Waals surface area contributed by atoms with Crippen LogP contribution in [0.15, 0.2) is 72.8 Å². The second-order valence-corrected chi connectivity index (χ2v) is 10.5. The first-order valence-electron chi connectivity index (χ1n) is 15.4. The summed E-state index contributed by atoms with van der Waals surface area (Å²) in [6, 6.07) is 21.6.